The molecule has 0 aliphatic heterocycles. The van der Waals surface area contributed by atoms with E-state index in [-0.39, 0.29) is 10.8 Å². The van der Waals surface area contributed by atoms with Crippen LogP contribution < -0.4 is 4.87 Å². The third-order valence-electron chi connectivity index (χ3n) is 2.28. The van der Waals surface area contributed by atoms with Gasteiger partial charge in [0.1, 0.15) is 4.88 Å². The zero-order valence-electron chi connectivity index (χ0n) is 9.91. The smallest absolute Gasteiger partial charge is 0.337 e. The van der Waals surface area contributed by atoms with E-state index in [4.69, 9.17) is 0 Å². The van der Waals surface area contributed by atoms with Gasteiger partial charge in [-0.2, -0.15) is 0 Å². The number of nitrogens with zero attached hydrogens (tertiary/aromatic N) is 1. The maximum atomic E-state index is 11.2. The Morgan fingerprint density at radius 2 is 2.11 bits per heavy atom. The molecule has 0 atom stereocenters. The number of nitrogens with one attached hydrogen (secondary N) is 1. The molecular formula is C12H10N2O4S. The van der Waals surface area contributed by atoms with Gasteiger partial charge in [-0.05, 0) is 24.3 Å². The highest BCUT2D eigenvalue weighted by atomic mass is 32.1. The molecule has 0 amide bonds. The van der Waals surface area contributed by atoms with Gasteiger partial charge in [0, 0.05) is 0 Å². The van der Waals surface area contributed by atoms with E-state index in [9.17, 15) is 14.7 Å². The second-order valence-electron chi connectivity index (χ2n) is 3.52. The highest BCUT2D eigenvalue weighted by Crippen LogP contribution is 2.17. The summed E-state index contributed by atoms with van der Waals surface area (Å²) in [4.78, 5) is 28.5. The number of H-pyrrole nitrogens is 1. The Hall–Kier alpha value is -2.41. The molecule has 98 valence electrons. The predicted molar refractivity (Wildman–Crippen MR) is 71.6 cm³/mol. The number of rotatable bonds is 3. The average molecular weight is 278 g/mol. The summed E-state index contributed by atoms with van der Waals surface area (Å²) in [7, 11) is 1.31. The van der Waals surface area contributed by atoms with E-state index in [0.717, 1.165) is 11.3 Å². The Labute approximate surface area is 112 Å². The van der Waals surface area contributed by atoms with E-state index in [0.29, 0.717) is 16.1 Å². The fourth-order valence-electron chi connectivity index (χ4n) is 1.35. The fourth-order valence-corrected chi connectivity index (χ4v) is 1.95. The van der Waals surface area contributed by atoms with Gasteiger partial charge in [0.05, 0.1) is 24.6 Å². The van der Waals surface area contributed by atoms with E-state index in [1.807, 2.05) is 0 Å². The minimum Gasteiger partial charge on any atom is -0.493 e. The molecule has 0 aliphatic carbocycles. The number of aromatic hydroxyl groups is 1. The number of aliphatic imine (C=N–C) groups is 1. The molecule has 19 heavy (non-hydrogen) atoms. The summed E-state index contributed by atoms with van der Waals surface area (Å²) in [5.41, 5.74) is 1.02. The number of ether oxygens (including phenoxy) is 1. The van der Waals surface area contributed by atoms with Crippen LogP contribution in [0.4, 0.5) is 5.69 Å². The number of aromatic amines is 1. The van der Waals surface area contributed by atoms with Gasteiger partial charge >= 0.3 is 10.8 Å². The first-order valence-electron chi connectivity index (χ1n) is 5.24. The number of benzene rings is 1. The molecule has 0 bridgehead atoms. The van der Waals surface area contributed by atoms with Crippen molar-refractivity contribution >= 4 is 29.2 Å². The van der Waals surface area contributed by atoms with Gasteiger partial charge in [0.15, 0.2) is 0 Å². The molecule has 0 saturated carbocycles. The highest BCUT2D eigenvalue weighted by Gasteiger charge is 2.05. The van der Waals surface area contributed by atoms with Crippen molar-refractivity contribution in [2.45, 2.75) is 0 Å². The number of thiazole rings is 1. The zero-order chi connectivity index (χ0) is 13.8. The van der Waals surface area contributed by atoms with Crippen LogP contribution in [-0.4, -0.2) is 29.4 Å². The van der Waals surface area contributed by atoms with Crippen molar-refractivity contribution in [2.75, 3.05) is 7.11 Å². The topological polar surface area (TPSA) is 91.8 Å². The van der Waals surface area contributed by atoms with Gasteiger partial charge in [-0.15, -0.1) is 0 Å². The molecule has 1 aromatic heterocycles. The minimum absolute atomic E-state index is 0.204. The van der Waals surface area contributed by atoms with Crippen molar-refractivity contribution in [3.8, 4) is 5.88 Å². The average Bonchev–Trinajstić information content (AvgIpc) is 2.74. The third-order valence-corrected chi connectivity index (χ3v) is 3.08. The number of aromatic nitrogens is 1. The first kappa shape index (κ1) is 13.0. The second-order valence-corrected chi connectivity index (χ2v) is 4.54. The standard InChI is InChI=1S/C12H10N2O4S/c1-18-11(16)7-2-4-8(5-3-7)13-6-9-10(15)14-12(17)19-9/h2-6,15H,1H3,(H,14,17). The summed E-state index contributed by atoms with van der Waals surface area (Å²) >= 11 is 0.861. The number of carbonyl (C=O) groups is 1. The van der Waals surface area contributed by atoms with Crippen molar-refractivity contribution in [2.24, 2.45) is 4.99 Å². The van der Waals surface area contributed by atoms with Gasteiger partial charge < -0.3 is 9.84 Å². The van der Waals surface area contributed by atoms with E-state index >= 15 is 0 Å². The van der Waals surface area contributed by atoms with Crippen molar-refractivity contribution in [1.82, 2.24) is 4.98 Å². The van der Waals surface area contributed by atoms with Crippen LogP contribution in [0.5, 0.6) is 5.88 Å². The summed E-state index contributed by atoms with van der Waals surface area (Å²) < 4.78 is 4.58. The van der Waals surface area contributed by atoms with Gasteiger partial charge in [-0.1, -0.05) is 11.3 Å². The summed E-state index contributed by atoms with van der Waals surface area (Å²) in [6.45, 7) is 0. The quantitative estimate of drug-likeness (QED) is 0.660. The Balaban J connectivity index is 2.18. The monoisotopic (exact) mass is 278 g/mol. The van der Waals surface area contributed by atoms with Crippen LogP contribution >= 0.6 is 11.3 Å². The summed E-state index contributed by atoms with van der Waals surface area (Å²) in [6.07, 6.45) is 1.38. The first-order chi connectivity index (χ1) is 9.10. The normalized spacial score (nSPS) is 10.8. The van der Waals surface area contributed by atoms with Crippen LogP contribution in [0.1, 0.15) is 15.2 Å². The van der Waals surface area contributed by atoms with Gasteiger partial charge in [-0.3, -0.25) is 14.8 Å². The second kappa shape index (κ2) is 5.49. The SMILES string of the molecule is COC(=O)c1ccc(N=Cc2sc(=O)[nH]c2O)cc1. The van der Waals surface area contributed by atoms with Crippen molar-refractivity contribution in [3.05, 3.63) is 44.4 Å². The third kappa shape index (κ3) is 3.08. The van der Waals surface area contributed by atoms with Gasteiger partial charge in [0.2, 0.25) is 5.88 Å². The van der Waals surface area contributed by atoms with Crippen LogP contribution in [0.15, 0.2) is 34.1 Å². The minimum atomic E-state index is -0.419. The fraction of sp³-hybridized carbons (Fsp3) is 0.0833. The number of hydrogen-bond acceptors (Lipinski definition) is 6. The Morgan fingerprint density at radius 3 is 2.63 bits per heavy atom. The van der Waals surface area contributed by atoms with Crippen LogP contribution in [0, 0.1) is 0 Å². The lowest BCUT2D eigenvalue weighted by Gasteiger charge is -1.98. The van der Waals surface area contributed by atoms with Crippen LogP contribution in [0.2, 0.25) is 0 Å². The molecule has 0 fully saturated rings. The molecule has 0 unspecified atom stereocenters. The van der Waals surface area contributed by atoms with Crippen molar-refractivity contribution in [3.63, 3.8) is 0 Å². The molecule has 6 nitrogen and oxygen atoms in total. The largest absolute Gasteiger partial charge is 0.493 e. The zero-order valence-corrected chi connectivity index (χ0v) is 10.7. The maximum Gasteiger partial charge on any atom is 0.337 e. The molecule has 0 spiro atoms. The Morgan fingerprint density at radius 1 is 1.42 bits per heavy atom. The maximum absolute atomic E-state index is 11.2. The van der Waals surface area contributed by atoms with Crippen molar-refractivity contribution < 1.29 is 14.6 Å². The molecule has 7 heteroatoms. The lowest BCUT2D eigenvalue weighted by molar-refractivity contribution is 0.0601. The van der Waals surface area contributed by atoms with E-state index in [1.54, 1.807) is 24.3 Å². The first-order valence-corrected chi connectivity index (χ1v) is 6.06. The lowest BCUT2D eigenvalue weighted by atomic mass is 10.2. The van der Waals surface area contributed by atoms with E-state index in [2.05, 4.69) is 14.7 Å². The molecule has 2 N–H and O–H groups in total. The predicted octanol–water partition coefficient (Wildman–Crippen LogP) is 1.68. The van der Waals surface area contributed by atoms with Crippen LogP contribution in [0.25, 0.3) is 0 Å². The summed E-state index contributed by atoms with van der Waals surface area (Å²) in [6, 6.07) is 6.43. The number of carbonyl (C=O) groups excluding carboxylic acids is 1. The summed E-state index contributed by atoms with van der Waals surface area (Å²) in [5.74, 6) is -0.623. The molecule has 2 aromatic rings. The van der Waals surface area contributed by atoms with Gasteiger partial charge in [-0.25, -0.2) is 4.79 Å². The molecule has 0 radical (unpaired) electrons. The molecule has 0 saturated heterocycles. The Kier molecular flexibility index (Phi) is 3.76. The van der Waals surface area contributed by atoms with Crippen molar-refractivity contribution in [1.29, 1.82) is 0 Å². The van der Waals surface area contributed by atoms with E-state index in [1.165, 1.54) is 13.3 Å². The van der Waals surface area contributed by atoms with Crippen LogP contribution in [-0.2, 0) is 4.74 Å². The molecule has 1 heterocycles. The molecule has 1 aromatic carbocycles. The van der Waals surface area contributed by atoms with E-state index < -0.39 is 5.97 Å². The molecular weight excluding hydrogens is 268 g/mol. The number of methoxy groups -OCH3 is 1. The summed E-state index contributed by atoms with van der Waals surface area (Å²) in [5, 5.41) is 9.36. The lowest BCUT2D eigenvalue weighted by Crippen LogP contribution is -1.99. The highest BCUT2D eigenvalue weighted by molar-refractivity contribution is 7.11. The molecule has 2 rings (SSSR count). The van der Waals surface area contributed by atoms with Crippen LogP contribution in [0.3, 0.4) is 0 Å². The number of esters is 1. The van der Waals surface area contributed by atoms with Gasteiger partial charge in [0.25, 0.3) is 0 Å². The Bertz CT molecular complexity index is 670. The molecule has 0 aliphatic rings. The number of hydrogen-bond donors (Lipinski definition) is 2.